The lowest BCUT2D eigenvalue weighted by atomic mass is 10.0. The Morgan fingerprint density at radius 2 is 1.32 bits per heavy atom. The van der Waals surface area contributed by atoms with Gasteiger partial charge in [-0.15, -0.1) is 0 Å². The zero-order chi connectivity index (χ0) is 15.7. The summed E-state index contributed by atoms with van der Waals surface area (Å²) in [4.78, 5) is 12.7. The Kier molecular flexibility index (Phi) is 3.59. The summed E-state index contributed by atoms with van der Waals surface area (Å²) in [5.74, 6) is 0.976. The molecule has 22 heavy (non-hydrogen) atoms. The van der Waals surface area contributed by atoms with Crippen molar-refractivity contribution in [3.63, 3.8) is 0 Å². The highest BCUT2D eigenvalue weighted by Gasteiger charge is 2.13. The van der Waals surface area contributed by atoms with Gasteiger partial charge in [0.15, 0.2) is 11.6 Å². The van der Waals surface area contributed by atoms with Crippen molar-refractivity contribution in [1.29, 1.82) is 0 Å². The fraction of sp³-hybridized carbons (Fsp3) is 0.167. The normalized spacial score (nSPS) is 10.7. The number of nitrogens with zero attached hydrogens (tertiary/aromatic N) is 3. The molecule has 0 aliphatic heterocycles. The van der Waals surface area contributed by atoms with Gasteiger partial charge >= 0.3 is 6.01 Å². The standard InChI is InChI=1S/C18H17N3O/c1-11-7-9-14(10-8-11)16-19-17(21-18(22)20-16)15-12(2)5-4-6-13(15)3/h4-10H,1-3H3,(H,19,20,21,22). The van der Waals surface area contributed by atoms with E-state index in [9.17, 15) is 5.11 Å². The molecule has 3 rings (SSSR count). The van der Waals surface area contributed by atoms with Gasteiger partial charge in [-0.05, 0) is 31.9 Å². The first kappa shape index (κ1) is 14.2. The average molecular weight is 291 g/mol. The van der Waals surface area contributed by atoms with E-state index in [1.54, 1.807) is 0 Å². The van der Waals surface area contributed by atoms with Crippen LogP contribution in [0.15, 0.2) is 42.5 Å². The van der Waals surface area contributed by atoms with Crippen molar-refractivity contribution in [3.8, 4) is 28.8 Å². The second kappa shape index (κ2) is 5.56. The van der Waals surface area contributed by atoms with Crippen LogP contribution in [0.4, 0.5) is 0 Å². The molecule has 0 fully saturated rings. The van der Waals surface area contributed by atoms with Crippen molar-refractivity contribution in [2.75, 3.05) is 0 Å². The third kappa shape index (κ3) is 2.68. The smallest absolute Gasteiger partial charge is 0.318 e. The summed E-state index contributed by atoms with van der Waals surface area (Å²) in [6.45, 7) is 6.04. The van der Waals surface area contributed by atoms with Crippen molar-refractivity contribution < 1.29 is 5.11 Å². The number of hydrogen-bond donors (Lipinski definition) is 1. The van der Waals surface area contributed by atoms with Crippen LogP contribution in [0.25, 0.3) is 22.8 Å². The number of hydrogen-bond acceptors (Lipinski definition) is 4. The maximum absolute atomic E-state index is 9.89. The van der Waals surface area contributed by atoms with Gasteiger partial charge in [0.25, 0.3) is 0 Å². The minimum atomic E-state index is -0.261. The van der Waals surface area contributed by atoms with Gasteiger partial charge in [0, 0.05) is 11.1 Å². The Hall–Kier alpha value is -2.75. The van der Waals surface area contributed by atoms with E-state index in [1.807, 2.05) is 63.2 Å². The summed E-state index contributed by atoms with van der Waals surface area (Å²) in [6, 6.07) is 13.6. The minimum absolute atomic E-state index is 0.261. The molecule has 0 atom stereocenters. The van der Waals surface area contributed by atoms with E-state index in [-0.39, 0.29) is 6.01 Å². The summed E-state index contributed by atoms with van der Waals surface area (Å²) >= 11 is 0. The molecule has 0 aliphatic rings. The average Bonchev–Trinajstić information content (AvgIpc) is 2.47. The van der Waals surface area contributed by atoms with Crippen LogP contribution in [0.3, 0.4) is 0 Å². The fourth-order valence-corrected chi connectivity index (χ4v) is 2.48. The monoisotopic (exact) mass is 291 g/mol. The molecular weight excluding hydrogens is 274 g/mol. The molecule has 1 aromatic heterocycles. The molecule has 0 radical (unpaired) electrons. The van der Waals surface area contributed by atoms with Gasteiger partial charge < -0.3 is 5.11 Å². The molecule has 0 bridgehead atoms. The highest BCUT2D eigenvalue weighted by Crippen LogP contribution is 2.27. The molecular formula is C18H17N3O. The van der Waals surface area contributed by atoms with E-state index in [0.29, 0.717) is 11.6 Å². The summed E-state index contributed by atoms with van der Waals surface area (Å²) in [5, 5.41) is 9.89. The largest absolute Gasteiger partial charge is 0.479 e. The molecule has 0 spiro atoms. The van der Waals surface area contributed by atoms with Gasteiger partial charge in [0.05, 0.1) is 0 Å². The molecule has 0 aliphatic carbocycles. The van der Waals surface area contributed by atoms with Gasteiger partial charge in [0.2, 0.25) is 0 Å². The lowest BCUT2D eigenvalue weighted by Gasteiger charge is -2.09. The lowest BCUT2D eigenvalue weighted by Crippen LogP contribution is -1.99. The third-order valence-corrected chi connectivity index (χ3v) is 3.64. The van der Waals surface area contributed by atoms with Gasteiger partial charge in [-0.2, -0.15) is 9.97 Å². The highest BCUT2D eigenvalue weighted by molar-refractivity contribution is 5.67. The number of rotatable bonds is 2. The molecule has 1 heterocycles. The number of benzene rings is 2. The van der Waals surface area contributed by atoms with Crippen molar-refractivity contribution >= 4 is 0 Å². The predicted octanol–water partition coefficient (Wildman–Crippen LogP) is 3.84. The van der Waals surface area contributed by atoms with Crippen molar-refractivity contribution in [1.82, 2.24) is 15.0 Å². The molecule has 0 amide bonds. The molecule has 3 aromatic rings. The molecule has 4 nitrogen and oxygen atoms in total. The van der Waals surface area contributed by atoms with E-state index >= 15 is 0 Å². The number of aromatic nitrogens is 3. The molecule has 4 heteroatoms. The topological polar surface area (TPSA) is 58.9 Å². The van der Waals surface area contributed by atoms with E-state index in [1.165, 1.54) is 0 Å². The SMILES string of the molecule is Cc1ccc(-c2nc(O)nc(-c3c(C)cccc3C)n2)cc1. The van der Waals surface area contributed by atoms with E-state index < -0.39 is 0 Å². The molecule has 0 saturated carbocycles. The van der Waals surface area contributed by atoms with Crippen molar-refractivity contribution in [2.24, 2.45) is 0 Å². The van der Waals surface area contributed by atoms with Crippen molar-refractivity contribution in [3.05, 3.63) is 59.2 Å². The van der Waals surface area contributed by atoms with Crippen LogP contribution < -0.4 is 0 Å². The highest BCUT2D eigenvalue weighted by atomic mass is 16.3. The molecule has 2 aromatic carbocycles. The van der Waals surface area contributed by atoms with Gasteiger partial charge in [-0.3, -0.25) is 0 Å². The number of aromatic hydroxyl groups is 1. The predicted molar refractivity (Wildman–Crippen MR) is 86.6 cm³/mol. The summed E-state index contributed by atoms with van der Waals surface area (Å²) in [6.07, 6.45) is 0. The minimum Gasteiger partial charge on any atom is -0.479 e. The van der Waals surface area contributed by atoms with Gasteiger partial charge in [0.1, 0.15) is 0 Å². The first-order valence-corrected chi connectivity index (χ1v) is 7.13. The van der Waals surface area contributed by atoms with Gasteiger partial charge in [-0.1, -0.05) is 48.0 Å². The maximum atomic E-state index is 9.89. The molecule has 1 N–H and O–H groups in total. The van der Waals surface area contributed by atoms with Crippen LogP contribution in [0.1, 0.15) is 16.7 Å². The van der Waals surface area contributed by atoms with E-state index in [0.717, 1.165) is 27.8 Å². The Morgan fingerprint density at radius 1 is 0.727 bits per heavy atom. The summed E-state index contributed by atoms with van der Waals surface area (Å²) < 4.78 is 0. The Balaban J connectivity index is 2.17. The van der Waals surface area contributed by atoms with Crippen LogP contribution in [0, 0.1) is 20.8 Å². The lowest BCUT2D eigenvalue weighted by molar-refractivity contribution is 0.430. The Labute approximate surface area is 129 Å². The maximum Gasteiger partial charge on any atom is 0.318 e. The first-order chi connectivity index (χ1) is 10.5. The Morgan fingerprint density at radius 3 is 1.95 bits per heavy atom. The van der Waals surface area contributed by atoms with Crippen LogP contribution in [0.5, 0.6) is 6.01 Å². The molecule has 110 valence electrons. The van der Waals surface area contributed by atoms with Crippen LogP contribution in [-0.2, 0) is 0 Å². The second-order valence-corrected chi connectivity index (χ2v) is 5.42. The van der Waals surface area contributed by atoms with Crippen LogP contribution in [0.2, 0.25) is 0 Å². The van der Waals surface area contributed by atoms with Crippen LogP contribution in [-0.4, -0.2) is 20.1 Å². The zero-order valence-electron chi connectivity index (χ0n) is 12.8. The summed E-state index contributed by atoms with van der Waals surface area (Å²) in [5.41, 5.74) is 5.10. The van der Waals surface area contributed by atoms with Crippen molar-refractivity contribution in [2.45, 2.75) is 20.8 Å². The van der Waals surface area contributed by atoms with Gasteiger partial charge in [-0.25, -0.2) is 4.98 Å². The Bertz CT molecular complexity index is 806. The summed E-state index contributed by atoms with van der Waals surface area (Å²) in [7, 11) is 0. The first-order valence-electron chi connectivity index (χ1n) is 7.13. The third-order valence-electron chi connectivity index (χ3n) is 3.64. The zero-order valence-corrected chi connectivity index (χ0v) is 12.8. The van der Waals surface area contributed by atoms with Crippen LogP contribution >= 0.6 is 0 Å². The van der Waals surface area contributed by atoms with E-state index in [2.05, 4.69) is 15.0 Å². The molecule has 0 unspecified atom stereocenters. The number of aryl methyl sites for hydroxylation is 3. The van der Waals surface area contributed by atoms with E-state index in [4.69, 9.17) is 0 Å². The fourth-order valence-electron chi connectivity index (χ4n) is 2.48. The second-order valence-electron chi connectivity index (χ2n) is 5.42. The quantitative estimate of drug-likeness (QED) is 0.779. The molecule has 0 saturated heterocycles.